The van der Waals surface area contributed by atoms with Gasteiger partial charge in [-0.25, -0.2) is 4.68 Å². The third-order valence-electron chi connectivity index (χ3n) is 3.27. The summed E-state index contributed by atoms with van der Waals surface area (Å²) in [5, 5.41) is 27.2. The van der Waals surface area contributed by atoms with Gasteiger partial charge in [-0.2, -0.15) is 5.10 Å². The van der Waals surface area contributed by atoms with Gasteiger partial charge in [-0.1, -0.05) is 13.3 Å². The first-order chi connectivity index (χ1) is 9.29. The maximum Gasteiger partial charge on any atom is 0.333 e. The number of aliphatic carboxylic acids is 1. The molecule has 0 bridgehead atoms. The van der Waals surface area contributed by atoms with E-state index in [1.807, 2.05) is 6.92 Å². The van der Waals surface area contributed by atoms with E-state index in [-0.39, 0.29) is 11.5 Å². The van der Waals surface area contributed by atoms with Gasteiger partial charge in [-0.3, -0.25) is 14.9 Å². The molecule has 2 unspecified atom stereocenters. The smallest absolute Gasteiger partial charge is 0.333 e. The predicted molar refractivity (Wildman–Crippen MR) is 73.7 cm³/mol. The third-order valence-corrected chi connectivity index (χ3v) is 3.27. The number of carbonyl (C=O) groups is 1. The molecule has 0 aliphatic rings. The largest absolute Gasteiger partial charge is 0.481 e. The molecule has 0 fully saturated rings. The number of aryl methyl sites for hydroxylation is 2. The summed E-state index contributed by atoms with van der Waals surface area (Å²) in [6, 6.07) is -0.448. The van der Waals surface area contributed by atoms with Gasteiger partial charge in [0.15, 0.2) is 0 Å². The number of aromatic nitrogens is 2. The summed E-state index contributed by atoms with van der Waals surface area (Å²) in [5.41, 5.74) is 0.344. The average Bonchev–Trinajstić information content (AvgIpc) is 2.65. The van der Waals surface area contributed by atoms with E-state index in [4.69, 9.17) is 5.11 Å². The van der Waals surface area contributed by atoms with Crippen molar-refractivity contribution >= 4 is 17.5 Å². The molecule has 0 aromatic carbocycles. The lowest BCUT2D eigenvalue weighted by Gasteiger charge is -2.18. The highest BCUT2D eigenvalue weighted by Gasteiger charge is 2.29. The van der Waals surface area contributed by atoms with Crippen LogP contribution in [0.1, 0.15) is 32.9 Å². The maximum atomic E-state index is 11.2. The quantitative estimate of drug-likeness (QED) is 0.583. The van der Waals surface area contributed by atoms with Crippen LogP contribution in [0.5, 0.6) is 0 Å². The van der Waals surface area contributed by atoms with E-state index in [2.05, 4.69) is 10.4 Å². The zero-order valence-corrected chi connectivity index (χ0v) is 12.1. The van der Waals surface area contributed by atoms with Gasteiger partial charge in [-0.15, -0.1) is 0 Å². The second kappa shape index (κ2) is 6.36. The fourth-order valence-electron chi connectivity index (χ4n) is 1.88. The Morgan fingerprint density at radius 3 is 2.60 bits per heavy atom. The number of nitro groups is 1. The number of hydrogen-bond donors (Lipinski definition) is 2. The summed E-state index contributed by atoms with van der Waals surface area (Å²) in [7, 11) is 1.60. The van der Waals surface area contributed by atoms with E-state index in [9.17, 15) is 14.9 Å². The van der Waals surface area contributed by atoms with Gasteiger partial charge >= 0.3 is 11.7 Å². The van der Waals surface area contributed by atoms with Crippen molar-refractivity contribution in [1.29, 1.82) is 0 Å². The molecule has 1 heterocycles. The molecule has 0 aliphatic carbocycles. The number of nitrogens with one attached hydrogen (secondary N) is 1. The van der Waals surface area contributed by atoms with Crippen LogP contribution < -0.4 is 5.32 Å². The maximum absolute atomic E-state index is 11.2. The Labute approximate surface area is 116 Å². The number of anilines is 1. The van der Waals surface area contributed by atoms with Crippen LogP contribution in [0.15, 0.2) is 0 Å². The van der Waals surface area contributed by atoms with Gasteiger partial charge < -0.3 is 10.4 Å². The molecule has 0 amide bonds. The molecule has 1 aromatic rings. The number of nitrogens with zero attached hydrogens (tertiary/aromatic N) is 3. The molecule has 2 N–H and O–H groups in total. The summed E-state index contributed by atoms with van der Waals surface area (Å²) in [6.45, 7) is 5.14. The van der Waals surface area contributed by atoms with Gasteiger partial charge in [0.25, 0.3) is 0 Å². The molecule has 0 spiro atoms. The van der Waals surface area contributed by atoms with Crippen molar-refractivity contribution in [2.45, 2.75) is 39.7 Å². The first-order valence-electron chi connectivity index (χ1n) is 6.49. The van der Waals surface area contributed by atoms with E-state index >= 15 is 0 Å². The van der Waals surface area contributed by atoms with E-state index in [1.54, 1.807) is 20.9 Å². The first kappa shape index (κ1) is 15.9. The van der Waals surface area contributed by atoms with Crippen molar-refractivity contribution in [2.75, 3.05) is 5.32 Å². The topological polar surface area (TPSA) is 110 Å². The molecule has 8 heteroatoms. The molecule has 112 valence electrons. The summed E-state index contributed by atoms with van der Waals surface area (Å²) >= 11 is 0. The van der Waals surface area contributed by atoms with Gasteiger partial charge in [0, 0.05) is 13.1 Å². The minimum absolute atomic E-state index is 0.0706. The molecule has 1 rings (SSSR count). The Morgan fingerprint density at radius 1 is 1.55 bits per heavy atom. The number of carboxylic acid groups (broad SMARTS) is 1. The number of carboxylic acids is 1. The highest BCUT2D eigenvalue weighted by molar-refractivity contribution is 5.71. The van der Waals surface area contributed by atoms with Crippen LogP contribution in [0.25, 0.3) is 0 Å². The van der Waals surface area contributed by atoms with E-state index in [0.29, 0.717) is 12.1 Å². The van der Waals surface area contributed by atoms with Crippen LogP contribution in [0.2, 0.25) is 0 Å². The number of rotatable bonds is 7. The second-order valence-corrected chi connectivity index (χ2v) is 4.83. The lowest BCUT2D eigenvalue weighted by Crippen LogP contribution is -2.30. The molecule has 0 saturated heterocycles. The molecular formula is C12H20N4O4. The lowest BCUT2D eigenvalue weighted by atomic mass is 10.0. The molecule has 1 aromatic heterocycles. The summed E-state index contributed by atoms with van der Waals surface area (Å²) in [5.74, 6) is -1.37. The van der Waals surface area contributed by atoms with Gasteiger partial charge in [-0.05, 0) is 20.3 Å². The van der Waals surface area contributed by atoms with E-state index in [0.717, 1.165) is 6.42 Å². The van der Waals surface area contributed by atoms with E-state index in [1.165, 1.54) is 4.68 Å². The van der Waals surface area contributed by atoms with Crippen molar-refractivity contribution < 1.29 is 14.8 Å². The fourth-order valence-corrected chi connectivity index (χ4v) is 1.88. The highest BCUT2D eigenvalue weighted by Crippen LogP contribution is 2.30. The third kappa shape index (κ3) is 3.25. The van der Waals surface area contributed by atoms with Crippen molar-refractivity contribution in [3.8, 4) is 0 Å². The fraction of sp³-hybridized carbons (Fsp3) is 0.667. The zero-order valence-electron chi connectivity index (χ0n) is 12.1. The van der Waals surface area contributed by atoms with Crippen LogP contribution >= 0.6 is 0 Å². The van der Waals surface area contributed by atoms with Crippen LogP contribution in [0, 0.1) is 16.0 Å². The molecule has 8 nitrogen and oxygen atoms in total. The second-order valence-electron chi connectivity index (χ2n) is 4.83. The molecule has 0 aliphatic heterocycles. The monoisotopic (exact) mass is 284 g/mol. The molecule has 20 heavy (non-hydrogen) atoms. The van der Waals surface area contributed by atoms with Gasteiger partial charge in [0.05, 0.1) is 10.8 Å². The van der Waals surface area contributed by atoms with Gasteiger partial charge in [0.1, 0.15) is 5.69 Å². The standard InChI is InChI=1S/C12H20N4O4/c1-5-6-9-10(16(19)20)11(15(4)14-9)13-8(3)7(2)12(17)18/h7-8,13H,5-6H2,1-4H3,(H,17,18). The SMILES string of the molecule is CCCc1nn(C)c(NC(C)C(C)C(=O)O)c1[N+](=O)[O-]. The predicted octanol–water partition coefficient (Wildman–Crippen LogP) is 1.80. The van der Waals surface area contributed by atoms with Gasteiger partial charge in [0.2, 0.25) is 5.82 Å². The van der Waals surface area contributed by atoms with Crippen LogP contribution in [0.4, 0.5) is 11.5 Å². The Hall–Kier alpha value is -2.12. The summed E-state index contributed by atoms with van der Waals surface area (Å²) in [4.78, 5) is 21.7. The average molecular weight is 284 g/mol. The molecule has 0 saturated carbocycles. The molecule has 2 atom stereocenters. The summed E-state index contributed by atoms with van der Waals surface area (Å²) < 4.78 is 1.40. The van der Waals surface area contributed by atoms with Crippen molar-refractivity contribution in [2.24, 2.45) is 13.0 Å². The number of hydrogen-bond acceptors (Lipinski definition) is 5. The highest BCUT2D eigenvalue weighted by atomic mass is 16.6. The normalized spacial score (nSPS) is 13.8. The minimum Gasteiger partial charge on any atom is -0.481 e. The summed E-state index contributed by atoms with van der Waals surface area (Å²) in [6.07, 6.45) is 1.26. The van der Waals surface area contributed by atoms with Crippen molar-refractivity contribution in [3.05, 3.63) is 15.8 Å². The molecular weight excluding hydrogens is 264 g/mol. The van der Waals surface area contributed by atoms with Crippen LogP contribution in [-0.4, -0.2) is 31.8 Å². The Kier molecular flexibility index (Phi) is 5.06. The zero-order chi connectivity index (χ0) is 15.4. The van der Waals surface area contributed by atoms with E-state index < -0.39 is 22.9 Å². The van der Waals surface area contributed by atoms with Crippen molar-refractivity contribution in [3.63, 3.8) is 0 Å². The minimum atomic E-state index is -0.955. The van der Waals surface area contributed by atoms with Crippen molar-refractivity contribution in [1.82, 2.24) is 9.78 Å². The Balaban J connectivity index is 3.11. The Morgan fingerprint density at radius 2 is 2.15 bits per heavy atom. The lowest BCUT2D eigenvalue weighted by molar-refractivity contribution is -0.384. The first-order valence-corrected chi connectivity index (χ1v) is 6.49. The Bertz CT molecular complexity index is 512. The molecule has 0 radical (unpaired) electrons. The van der Waals surface area contributed by atoms with Crippen LogP contribution in [-0.2, 0) is 18.3 Å². The van der Waals surface area contributed by atoms with Crippen LogP contribution in [0.3, 0.4) is 0 Å².